The van der Waals surface area contributed by atoms with E-state index in [1.165, 1.54) is 6.39 Å². The smallest absolute Gasteiger partial charge is 0.323 e. The number of carbonyl (C=O) groups is 1. The Bertz CT molecular complexity index is 402. The van der Waals surface area contributed by atoms with Crippen molar-refractivity contribution in [2.24, 2.45) is 0 Å². The Morgan fingerprint density at radius 1 is 1.75 bits per heavy atom. The van der Waals surface area contributed by atoms with Crippen molar-refractivity contribution in [1.29, 1.82) is 0 Å². The minimum Gasteiger partial charge on any atom is -0.480 e. The van der Waals surface area contributed by atoms with E-state index in [0.29, 0.717) is 13.0 Å². The molecule has 16 heavy (non-hydrogen) atoms. The number of nitrogens with zero attached hydrogens (tertiary/aromatic N) is 2. The summed E-state index contributed by atoms with van der Waals surface area (Å²) in [6.45, 7) is 4.97. The molecular formula is C11H16N2O3. The molecule has 0 saturated carbocycles. The highest BCUT2D eigenvalue weighted by molar-refractivity contribution is 5.78. The fraction of sp³-hybridized carbons (Fsp3) is 0.636. The van der Waals surface area contributed by atoms with E-state index in [4.69, 9.17) is 4.42 Å². The number of aliphatic carboxylic acids is 1. The first kappa shape index (κ1) is 11.1. The summed E-state index contributed by atoms with van der Waals surface area (Å²) in [6, 6.07) is 0. The van der Waals surface area contributed by atoms with Gasteiger partial charge < -0.3 is 9.52 Å². The second-order valence-electron chi connectivity index (χ2n) is 4.46. The number of hydrogen-bond acceptors (Lipinski definition) is 4. The molecule has 0 aromatic carbocycles. The number of hydrogen-bond donors (Lipinski definition) is 1. The molecule has 1 atom stereocenters. The third kappa shape index (κ3) is 1.71. The van der Waals surface area contributed by atoms with Crippen LogP contribution in [0, 0.1) is 6.92 Å². The predicted octanol–water partition coefficient (Wildman–Crippen LogP) is 1.42. The molecule has 1 unspecified atom stereocenters. The second kappa shape index (κ2) is 3.90. The molecule has 0 radical (unpaired) electrons. The summed E-state index contributed by atoms with van der Waals surface area (Å²) in [7, 11) is 0. The molecule has 2 heterocycles. The Balaban J connectivity index is 2.16. The Kier molecular flexibility index (Phi) is 2.71. The molecule has 1 N–H and O–H groups in total. The number of rotatable bonds is 3. The molecular weight excluding hydrogens is 208 g/mol. The van der Waals surface area contributed by atoms with Gasteiger partial charge in [-0.15, -0.1) is 0 Å². The normalized spacial score (nSPS) is 26.1. The van der Waals surface area contributed by atoms with Gasteiger partial charge in [-0.1, -0.05) is 0 Å². The molecule has 0 spiro atoms. The fourth-order valence-electron chi connectivity index (χ4n) is 2.18. The first-order valence-electron chi connectivity index (χ1n) is 5.41. The molecule has 0 aliphatic carbocycles. The minimum atomic E-state index is -0.759. The average Bonchev–Trinajstić information content (AvgIpc) is 2.77. The van der Waals surface area contributed by atoms with E-state index in [2.05, 4.69) is 4.98 Å². The van der Waals surface area contributed by atoms with Crippen LogP contribution in [0.5, 0.6) is 0 Å². The van der Waals surface area contributed by atoms with Crippen molar-refractivity contribution in [2.75, 3.05) is 6.54 Å². The monoisotopic (exact) mass is 224 g/mol. The molecule has 1 aromatic rings. The fourth-order valence-corrected chi connectivity index (χ4v) is 2.18. The van der Waals surface area contributed by atoms with Crippen LogP contribution in [0.1, 0.15) is 31.2 Å². The predicted molar refractivity (Wildman–Crippen MR) is 56.9 cm³/mol. The molecule has 1 fully saturated rings. The highest BCUT2D eigenvalue weighted by Crippen LogP contribution is 2.30. The maximum Gasteiger partial charge on any atom is 0.323 e. The summed E-state index contributed by atoms with van der Waals surface area (Å²) in [5, 5.41) is 9.26. The number of aryl methyl sites for hydroxylation is 1. The summed E-state index contributed by atoms with van der Waals surface area (Å²) in [6.07, 6.45) is 3.01. The minimum absolute atomic E-state index is 0.547. The van der Waals surface area contributed by atoms with Crippen LogP contribution >= 0.6 is 0 Å². The van der Waals surface area contributed by atoms with E-state index >= 15 is 0 Å². The van der Waals surface area contributed by atoms with Crippen LogP contribution in [0.4, 0.5) is 0 Å². The van der Waals surface area contributed by atoms with Gasteiger partial charge in [-0.3, -0.25) is 9.69 Å². The van der Waals surface area contributed by atoms with E-state index in [-0.39, 0.29) is 0 Å². The molecule has 1 aromatic heterocycles. The molecule has 1 aliphatic rings. The summed E-state index contributed by atoms with van der Waals surface area (Å²) in [5.41, 5.74) is 0.0696. The highest BCUT2D eigenvalue weighted by atomic mass is 16.4. The zero-order chi connectivity index (χ0) is 11.8. The van der Waals surface area contributed by atoms with Crippen LogP contribution in [0.15, 0.2) is 10.8 Å². The van der Waals surface area contributed by atoms with Crippen molar-refractivity contribution < 1.29 is 14.3 Å². The number of carboxylic acids is 1. The summed E-state index contributed by atoms with van der Waals surface area (Å²) < 4.78 is 5.12. The largest absolute Gasteiger partial charge is 0.480 e. The molecule has 2 rings (SSSR count). The Morgan fingerprint density at radius 3 is 3.06 bits per heavy atom. The average molecular weight is 224 g/mol. The van der Waals surface area contributed by atoms with Gasteiger partial charge in [-0.05, 0) is 33.2 Å². The molecule has 0 amide bonds. The van der Waals surface area contributed by atoms with Crippen LogP contribution in [-0.2, 0) is 11.3 Å². The highest BCUT2D eigenvalue weighted by Gasteiger charge is 2.43. The summed E-state index contributed by atoms with van der Waals surface area (Å²) in [4.78, 5) is 17.3. The van der Waals surface area contributed by atoms with Crippen LogP contribution in [-0.4, -0.2) is 33.0 Å². The number of aromatic nitrogens is 1. The Labute approximate surface area is 94.1 Å². The van der Waals surface area contributed by atoms with Crippen LogP contribution < -0.4 is 0 Å². The SMILES string of the molecule is Cc1ocnc1CN1CCCC1(C)C(=O)O. The van der Waals surface area contributed by atoms with Gasteiger partial charge in [0.25, 0.3) is 0 Å². The van der Waals surface area contributed by atoms with Crippen molar-refractivity contribution in [3.63, 3.8) is 0 Å². The quantitative estimate of drug-likeness (QED) is 0.841. The topological polar surface area (TPSA) is 66.6 Å². The number of oxazole rings is 1. The first-order chi connectivity index (χ1) is 7.54. The van der Waals surface area contributed by atoms with Gasteiger partial charge in [0.05, 0.1) is 5.69 Å². The molecule has 0 bridgehead atoms. The van der Waals surface area contributed by atoms with E-state index in [0.717, 1.165) is 24.4 Å². The number of carboxylic acid groups (broad SMARTS) is 1. The third-order valence-electron chi connectivity index (χ3n) is 3.44. The van der Waals surface area contributed by atoms with E-state index in [1.807, 2.05) is 11.8 Å². The zero-order valence-electron chi connectivity index (χ0n) is 9.56. The van der Waals surface area contributed by atoms with Gasteiger partial charge in [-0.25, -0.2) is 4.98 Å². The lowest BCUT2D eigenvalue weighted by Gasteiger charge is -2.30. The van der Waals surface area contributed by atoms with Crippen LogP contribution in [0.2, 0.25) is 0 Å². The Morgan fingerprint density at radius 2 is 2.50 bits per heavy atom. The molecule has 5 heteroatoms. The molecule has 88 valence electrons. The van der Waals surface area contributed by atoms with E-state index in [9.17, 15) is 9.90 Å². The van der Waals surface area contributed by atoms with Crippen molar-refractivity contribution in [3.8, 4) is 0 Å². The van der Waals surface area contributed by atoms with Crippen LogP contribution in [0.3, 0.4) is 0 Å². The van der Waals surface area contributed by atoms with Crippen molar-refractivity contribution >= 4 is 5.97 Å². The molecule has 1 saturated heterocycles. The van der Waals surface area contributed by atoms with Gasteiger partial charge in [0.15, 0.2) is 6.39 Å². The maximum absolute atomic E-state index is 11.3. The third-order valence-corrected chi connectivity index (χ3v) is 3.44. The lowest BCUT2D eigenvalue weighted by molar-refractivity contribution is -0.148. The van der Waals surface area contributed by atoms with Gasteiger partial charge in [0, 0.05) is 6.54 Å². The number of likely N-dealkylation sites (tertiary alicyclic amines) is 1. The van der Waals surface area contributed by atoms with Crippen molar-refractivity contribution in [3.05, 3.63) is 17.8 Å². The van der Waals surface area contributed by atoms with Crippen molar-refractivity contribution in [2.45, 2.75) is 38.8 Å². The standard InChI is InChI=1S/C11H16N2O3/c1-8-9(12-7-16-8)6-13-5-3-4-11(13,2)10(14)15/h7H,3-6H2,1-2H3,(H,14,15). The molecule has 1 aliphatic heterocycles. The first-order valence-corrected chi connectivity index (χ1v) is 5.41. The lowest BCUT2D eigenvalue weighted by atomic mass is 9.99. The zero-order valence-corrected chi connectivity index (χ0v) is 9.56. The maximum atomic E-state index is 11.3. The van der Waals surface area contributed by atoms with Crippen molar-refractivity contribution in [1.82, 2.24) is 9.88 Å². The Hall–Kier alpha value is -1.36. The summed E-state index contributed by atoms with van der Waals surface area (Å²) >= 11 is 0. The van der Waals surface area contributed by atoms with Gasteiger partial charge in [-0.2, -0.15) is 0 Å². The van der Waals surface area contributed by atoms with E-state index in [1.54, 1.807) is 6.92 Å². The lowest BCUT2D eigenvalue weighted by Crippen LogP contribution is -2.47. The van der Waals surface area contributed by atoms with Gasteiger partial charge >= 0.3 is 5.97 Å². The molecule has 5 nitrogen and oxygen atoms in total. The second-order valence-corrected chi connectivity index (χ2v) is 4.46. The summed E-state index contributed by atoms with van der Waals surface area (Å²) in [5.74, 6) is 0.00536. The van der Waals surface area contributed by atoms with Gasteiger partial charge in [0.2, 0.25) is 0 Å². The van der Waals surface area contributed by atoms with Crippen LogP contribution in [0.25, 0.3) is 0 Å². The van der Waals surface area contributed by atoms with Gasteiger partial charge in [0.1, 0.15) is 11.3 Å². The van der Waals surface area contributed by atoms with E-state index < -0.39 is 11.5 Å².